The number of alkyl halides is 2. The highest BCUT2D eigenvalue weighted by Gasteiger charge is 2.21. The molecule has 2 N–H and O–H groups in total. The molecular formula is C16H14ClF2N5O3S2. The Morgan fingerprint density at radius 3 is 2.55 bits per heavy atom. The molecule has 0 spiro atoms. The van der Waals surface area contributed by atoms with Gasteiger partial charge in [0.25, 0.3) is 16.4 Å². The van der Waals surface area contributed by atoms with E-state index in [1.165, 1.54) is 37.4 Å². The van der Waals surface area contributed by atoms with Gasteiger partial charge in [0.15, 0.2) is 5.13 Å². The van der Waals surface area contributed by atoms with Crippen LogP contribution < -0.4 is 10.0 Å². The molecular weight excluding hydrogens is 448 g/mol. The van der Waals surface area contributed by atoms with Gasteiger partial charge < -0.3 is 5.32 Å². The fraction of sp³-hybridized carbons (Fsp3) is 0.188. The number of hydrogen-bond acceptors (Lipinski definition) is 6. The second-order valence-corrected chi connectivity index (χ2v) is 8.71. The monoisotopic (exact) mass is 461 g/mol. The molecule has 0 atom stereocenters. The summed E-state index contributed by atoms with van der Waals surface area (Å²) < 4.78 is 53.7. The van der Waals surface area contributed by atoms with Gasteiger partial charge in [0.05, 0.1) is 15.6 Å². The van der Waals surface area contributed by atoms with Gasteiger partial charge in [-0.2, -0.15) is 5.10 Å². The highest BCUT2D eigenvalue weighted by Crippen LogP contribution is 2.28. The van der Waals surface area contributed by atoms with Crippen LogP contribution in [-0.4, -0.2) is 29.1 Å². The lowest BCUT2D eigenvalue weighted by Crippen LogP contribution is -2.20. The zero-order chi connectivity index (χ0) is 21.2. The summed E-state index contributed by atoms with van der Waals surface area (Å²) in [6, 6.07) is 5.44. The number of amides is 1. The maximum absolute atomic E-state index is 12.8. The highest BCUT2D eigenvalue weighted by molar-refractivity contribution is 7.93. The third kappa shape index (κ3) is 4.89. The molecule has 2 heterocycles. The minimum Gasteiger partial charge on any atom is -0.324 e. The molecule has 8 nitrogen and oxygen atoms in total. The quantitative estimate of drug-likeness (QED) is 0.558. The van der Waals surface area contributed by atoms with Crippen LogP contribution in [0.15, 0.2) is 40.7 Å². The van der Waals surface area contributed by atoms with Crippen LogP contribution in [0.4, 0.5) is 19.6 Å². The van der Waals surface area contributed by atoms with Crippen LogP contribution in [0.2, 0.25) is 5.02 Å². The topological polar surface area (TPSA) is 106 Å². The molecule has 13 heteroatoms. The standard InChI is InChI=1S/C16H14ClF2N5O3S2/c1-9-13(17)14(15(18)19)22-24(9)8-12(25)21-10-2-4-11(5-3-10)29(26,27)23-16-20-6-7-28-16/h2-7,15H,8H2,1H3,(H,20,23)(H,21,25). The van der Waals surface area contributed by atoms with Gasteiger partial charge in [-0.25, -0.2) is 22.2 Å². The smallest absolute Gasteiger partial charge is 0.283 e. The van der Waals surface area contributed by atoms with Gasteiger partial charge in [0.2, 0.25) is 5.91 Å². The molecule has 154 valence electrons. The number of thiazole rings is 1. The number of anilines is 2. The fourth-order valence-electron chi connectivity index (χ4n) is 2.34. The van der Waals surface area contributed by atoms with Crippen molar-refractivity contribution in [2.45, 2.75) is 24.8 Å². The summed E-state index contributed by atoms with van der Waals surface area (Å²) in [5, 5.41) is 7.88. The summed E-state index contributed by atoms with van der Waals surface area (Å²) in [6.07, 6.45) is -1.38. The number of nitrogens with one attached hydrogen (secondary N) is 2. The van der Waals surface area contributed by atoms with E-state index in [0.717, 1.165) is 16.0 Å². The molecule has 3 aromatic rings. The van der Waals surface area contributed by atoms with Crippen molar-refractivity contribution in [2.24, 2.45) is 0 Å². The second kappa shape index (κ2) is 8.43. The van der Waals surface area contributed by atoms with Crippen LogP contribution in [0.1, 0.15) is 17.8 Å². The number of hydrogen-bond donors (Lipinski definition) is 2. The highest BCUT2D eigenvalue weighted by atomic mass is 35.5. The minimum atomic E-state index is -3.81. The number of carbonyl (C=O) groups is 1. The first kappa shape index (κ1) is 21.1. The van der Waals surface area contributed by atoms with Gasteiger partial charge in [-0.15, -0.1) is 11.3 Å². The number of rotatable bonds is 7. The molecule has 0 aliphatic rings. The van der Waals surface area contributed by atoms with Gasteiger partial charge in [0, 0.05) is 17.3 Å². The van der Waals surface area contributed by atoms with E-state index < -0.39 is 28.0 Å². The number of sulfonamides is 1. The Kier molecular flexibility index (Phi) is 6.15. The Balaban J connectivity index is 1.67. The van der Waals surface area contributed by atoms with Crippen LogP contribution in [-0.2, 0) is 21.4 Å². The number of benzene rings is 1. The Morgan fingerprint density at radius 2 is 2.00 bits per heavy atom. The molecule has 0 aliphatic heterocycles. The fourth-order valence-corrected chi connectivity index (χ4v) is 4.35. The molecule has 29 heavy (non-hydrogen) atoms. The normalized spacial score (nSPS) is 11.6. The van der Waals surface area contributed by atoms with Gasteiger partial charge in [-0.1, -0.05) is 11.6 Å². The zero-order valence-corrected chi connectivity index (χ0v) is 17.2. The second-order valence-electron chi connectivity index (χ2n) is 5.76. The van der Waals surface area contributed by atoms with E-state index in [-0.39, 0.29) is 27.3 Å². The molecule has 0 saturated heterocycles. The SMILES string of the molecule is Cc1c(Cl)c(C(F)F)nn1CC(=O)Nc1ccc(S(=O)(=O)Nc2nccs2)cc1. The molecule has 0 radical (unpaired) electrons. The van der Waals surface area contributed by atoms with Gasteiger partial charge in [0.1, 0.15) is 12.2 Å². The number of nitrogens with zero attached hydrogens (tertiary/aromatic N) is 3. The Bertz CT molecular complexity index is 1120. The van der Waals surface area contributed by atoms with Crippen molar-refractivity contribution in [2.75, 3.05) is 10.0 Å². The average Bonchev–Trinajstić information content (AvgIpc) is 3.25. The third-order valence-electron chi connectivity index (χ3n) is 3.76. The molecule has 3 rings (SSSR count). The Labute approximate surface area is 173 Å². The summed E-state index contributed by atoms with van der Waals surface area (Å²) in [6.45, 7) is 1.15. The lowest BCUT2D eigenvalue weighted by molar-refractivity contribution is -0.117. The van der Waals surface area contributed by atoms with Crippen molar-refractivity contribution >= 4 is 49.7 Å². The molecule has 0 bridgehead atoms. The van der Waals surface area contributed by atoms with Crippen molar-refractivity contribution in [3.63, 3.8) is 0 Å². The van der Waals surface area contributed by atoms with Crippen LogP contribution in [0.25, 0.3) is 0 Å². The van der Waals surface area contributed by atoms with E-state index in [1.54, 1.807) is 5.38 Å². The van der Waals surface area contributed by atoms with Crippen LogP contribution >= 0.6 is 22.9 Å². The van der Waals surface area contributed by atoms with Crippen LogP contribution in [0.5, 0.6) is 0 Å². The van der Waals surface area contributed by atoms with Gasteiger partial charge in [-0.3, -0.25) is 14.2 Å². The Hall–Kier alpha value is -2.57. The van der Waals surface area contributed by atoms with E-state index in [2.05, 4.69) is 20.1 Å². The van der Waals surface area contributed by atoms with Crippen LogP contribution in [0, 0.1) is 6.92 Å². The first-order chi connectivity index (χ1) is 13.7. The minimum absolute atomic E-state index is 0.0121. The number of aromatic nitrogens is 3. The molecule has 1 amide bonds. The number of carbonyl (C=O) groups excluding carboxylic acids is 1. The van der Waals surface area contributed by atoms with E-state index in [9.17, 15) is 22.0 Å². The van der Waals surface area contributed by atoms with Crippen molar-refractivity contribution in [1.82, 2.24) is 14.8 Å². The molecule has 0 fully saturated rings. The van der Waals surface area contributed by atoms with Crippen molar-refractivity contribution in [3.8, 4) is 0 Å². The predicted molar refractivity (Wildman–Crippen MR) is 105 cm³/mol. The van der Waals surface area contributed by atoms with Gasteiger partial charge in [-0.05, 0) is 31.2 Å². The predicted octanol–water partition coefficient (Wildman–Crippen LogP) is 3.68. The molecule has 2 aromatic heterocycles. The lowest BCUT2D eigenvalue weighted by atomic mass is 10.3. The molecule has 0 unspecified atom stereocenters. The first-order valence-corrected chi connectivity index (χ1v) is 10.7. The maximum Gasteiger partial charge on any atom is 0.283 e. The Morgan fingerprint density at radius 1 is 1.31 bits per heavy atom. The first-order valence-electron chi connectivity index (χ1n) is 8.00. The van der Waals surface area contributed by atoms with Crippen molar-refractivity contribution < 1.29 is 22.0 Å². The van der Waals surface area contributed by atoms with Crippen molar-refractivity contribution in [3.05, 3.63) is 52.3 Å². The average molecular weight is 462 g/mol. The molecule has 0 aliphatic carbocycles. The van der Waals surface area contributed by atoms with E-state index >= 15 is 0 Å². The lowest BCUT2D eigenvalue weighted by Gasteiger charge is -2.09. The summed E-state index contributed by atoms with van der Waals surface area (Å²) in [5.41, 5.74) is -0.0146. The molecule has 0 saturated carbocycles. The van der Waals surface area contributed by atoms with E-state index in [1.807, 2.05) is 0 Å². The summed E-state index contributed by atoms with van der Waals surface area (Å²) in [7, 11) is -3.81. The third-order valence-corrected chi connectivity index (χ3v) is 6.40. The summed E-state index contributed by atoms with van der Waals surface area (Å²) in [4.78, 5) is 16.0. The van der Waals surface area contributed by atoms with E-state index in [0.29, 0.717) is 5.69 Å². The zero-order valence-electron chi connectivity index (χ0n) is 14.8. The largest absolute Gasteiger partial charge is 0.324 e. The number of halogens is 3. The van der Waals surface area contributed by atoms with E-state index in [4.69, 9.17) is 11.6 Å². The molecule has 1 aromatic carbocycles. The summed E-state index contributed by atoms with van der Waals surface area (Å²) in [5.74, 6) is -0.537. The maximum atomic E-state index is 12.8. The van der Waals surface area contributed by atoms with Crippen molar-refractivity contribution in [1.29, 1.82) is 0 Å². The summed E-state index contributed by atoms with van der Waals surface area (Å²) >= 11 is 6.94. The van der Waals surface area contributed by atoms with Gasteiger partial charge >= 0.3 is 0 Å². The van der Waals surface area contributed by atoms with Crippen LogP contribution in [0.3, 0.4) is 0 Å².